The lowest BCUT2D eigenvalue weighted by molar-refractivity contribution is -0.145. The number of hydrogen-bond acceptors (Lipinski definition) is 5. The van der Waals surface area contributed by atoms with Gasteiger partial charge in [-0.25, -0.2) is 4.79 Å². The third kappa shape index (κ3) is 6.27. The Bertz CT molecular complexity index is 1050. The van der Waals surface area contributed by atoms with E-state index in [1.165, 1.54) is 13.2 Å². The van der Waals surface area contributed by atoms with Crippen LogP contribution in [0.2, 0.25) is 0 Å². The lowest BCUT2D eigenvalue weighted by Gasteiger charge is -2.31. The average molecular weight is 481 g/mol. The summed E-state index contributed by atoms with van der Waals surface area (Å²) in [7, 11) is 1.51. The quantitative estimate of drug-likeness (QED) is 0.474. The summed E-state index contributed by atoms with van der Waals surface area (Å²) in [6.45, 7) is 6.76. The molecule has 2 N–H and O–H groups in total. The fourth-order valence-electron chi connectivity index (χ4n) is 4.33. The van der Waals surface area contributed by atoms with Gasteiger partial charge in [-0.05, 0) is 36.1 Å². The summed E-state index contributed by atoms with van der Waals surface area (Å²) in [6.07, 6.45) is 0.804. The average Bonchev–Trinajstić information content (AvgIpc) is 3.15. The van der Waals surface area contributed by atoms with Gasteiger partial charge in [0.05, 0.1) is 5.60 Å². The maximum absolute atomic E-state index is 13.2. The summed E-state index contributed by atoms with van der Waals surface area (Å²) in [5.74, 6) is -1.83. The third-order valence-electron chi connectivity index (χ3n) is 6.17. The van der Waals surface area contributed by atoms with Crippen LogP contribution in [0.3, 0.4) is 0 Å². The number of amides is 2. The molecule has 0 aliphatic heterocycles. The van der Waals surface area contributed by atoms with Gasteiger partial charge in [-0.1, -0.05) is 54.6 Å². The van der Waals surface area contributed by atoms with Crippen molar-refractivity contribution in [3.63, 3.8) is 0 Å². The SMILES string of the molecule is C=CCN(CC(=O)O)C(=O)C(CC(C)(C)OC)NC(=O)OCC1c2ccccc2-c2ccccc21. The minimum atomic E-state index is -1.16. The molecule has 0 saturated carbocycles. The lowest BCUT2D eigenvalue weighted by Crippen LogP contribution is -2.52. The molecule has 186 valence electrons. The molecule has 1 aliphatic carbocycles. The van der Waals surface area contributed by atoms with Crippen LogP contribution in [-0.4, -0.2) is 66.4 Å². The lowest BCUT2D eigenvalue weighted by atomic mass is 9.97. The topological polar surface area (TPSA) is 105 Å². The highest BCUT2D eigenvalue weighted by molar-refractivity contribution is 5.88. The number of nitrogens with one attached hydrogen (secondary N) is 1. The largest absolute Gasteiger partial charge is 0.480 e. The van der Waals surface area contributed by atoms with E-state index in [9.17, 15) is 19.5 Å². The molecule has 1 unspecified atom stereocenters. The summed E-state index contributed by atoms with van der Waals surface area (Å²) in [4.78, 5) is 38.4. The van der Waals surface area contributed by atoms with Crippen molar-refractivity contribution < 1.29 is 29.0 Å². The summed E-state index contributed by atoms with van der Waals surface area (Å²) in [5, 5.41) is 11.8. The second-order valence-electron chi connectivity index (χ2n) is 9.09. The van der Waals surface area contributed by atoms with Crippen LogP contribution in [0.5, 0.6) is 0 Å². The van der Waals surface area contributed by atoms with Crippen LogP contribution in [0, 0.1) is 0 Å². The molecule has 0 heterocycles. The van der Waals surface area contributed by atoms with Crippen LogP contribution in [0.4, 0.5) is 4.79 Å². The normalized spacial score (nSPS) is 13.3. The first kappa shape index (κ1) is 26.0. The van der Waals surface area contributed by atoms with E-state index in [1.54, 1.807) is 13.8 Å². The zero-order chi connectivity index (χ0) is 25.6. The van der Waals surface area contributed by atoms with Crippen molar-refractivity contribution in [1.82, 2.24) is 10.2 Å². The molecule has 0 saturated heterocycles. The summed E-state index contributed by atoms with van der Waals surface area (Å²) in [6, 6.07) is 15.0. The molecular weight excluding hydrogens is 448 g/mol. The molecule has 0 bridgehead atoms. The zero-order valence-corrected chi connectivity index (χ0v) is 20.3. The Hall–Kier alpha value is -3.65. The monoisotopic (exact) mass is 480 g/mol. The Kier molecular flexibility index (Phi) is 8.30. The molecule has 2 aromatic carbocycles. The second-order valence-corrected chi connectivity index (χ2v) is 9.09. The molecule has 0 radical (unpaired) electrons. The number of nitrogens with zero attached hydrogens (tertiary/aromatic N) is 1. The third-order valence-corrected chi connectivity index (χ3v) is 6.17. The van der Waals surface area contributed by atoms with E-state index < -0.39 is 36.2 Å². The Morgan fingerprint density at radius 1 is 1.11 bits per heavy atom. The van der Waals surface area contributed by atoms with Crippen molar-refractivity contribution >= 4 is 18.0 Å². The highest BCUT2D eigenvalue weighted by atomic mass is 16.5. The van der Waals surface area contributed by atoms with Gasteiger partial charge in [-0.15, -0.1) is 6.58 Å². The number of carbonyl (C=O) groups is 3. The van der Waals surface area contributed by atoms with Crippen LogP contribution < -0.4 is 5.32 Å². The van der Waals surface area contributed by atoms with E-state index in [1.807, 2.05) is 48.5 Å². The van der Waals surface area contributed by atoms with Crippen molar-refractivity contribution in [2.45, 2.75) is 37.8 Å². The number of hydrogen-bond donors (Lipinski definition) is 2. The number of carbonyl (C=O) groups excluding carboxylic acids is 2. The van der Waals surface area contributed by atoms with Gasteiger partial charge in [0.25, 0.3) is 0 Å². The Labute approximate surface area is 205 Å². The molecule has 0 spiro atoms. The Balaban J connectivity index is 1.75. The Morgan fingerprint density at radius 3 is 2.20 bits per heavy atom. The molecule has 0 aromatic heterocycles. The van der Waals surface area contributed by atoms with Crippen LogP contribution in [-0.2, 0) is 19.1 Å². The van der Waals surface area contributed by atoms with Crippen molar-refractivity contribution in [2.75, 3.05) is 26.8 Å². The molecule has 0 fully saturated rings. The number of methoxy groups -OCH3 is 1. The number of fused-ring (bicyclic) bond motifs is 3. The van der Waals surface area contributed by atoms with Gasteiger partial charge >= 0.3 is 12.1 Å². The summed E-state index contributed by atoms with van der Waals surface area (Å²) >= 11 is 0. The maximum Gasteiger partial charge on any atom is 0.407 e. The summed E-state index contributed by atoms with van der Waals surface area (Å²) < 4.78 is 11.0. The highest BCUT2D eigenvalue weighted by Crippen LogP contribution is 2.44. The molecule has 1 atom stereocenters. The first-order valence-electron chi connectivity index (χ1n) is 11.4. The van der Waals surface area contributed by atoms with Gasteiger partial charge in [0, 0.05) is 26.0 Å². The second kappa shape index (κ2) is 11.2. The molecule has 2 aromatic rings. The van der Waals surface area contributed by atoms with Gasteiger partial charge in [0.2, 0.25) is 5.91 Å². The fraction of sp³-hybridized carbons (Fsp3) is 0.370. The van der Waals surface area contributed by atoms with Crippen molar-refractivity contribution in [3.05, 3.63) is 72.3 Å². The number of carboxylic acids is 1. The molecule has 2 amide bonds. The first-order valence-corrected chi connectivity index (χ1v) is 11.4. The smallest absolute Gasteiger partial charge is 0.407 e. The van der Waals surface area contributed by atoms with Crippen LogP contribution in [0.15, 0.2) is 61.2 Å². The number of rotatable bonds is 11. The number of ether oxygens (including phenoxy) is 2. The molecule has 8 nitrogen and oxygen atoms in total. The zero-order valence-electron chi connectivity index (χ0n) is 20.3. The molecule has 3 rings (SSSR count). The van der Waals surface area contributed by atoms with E-state index in [2.05, 4.69) is 11.9 Å². The fourth-order valence-corrected chi connectivity index (χ4v) is 4.33. The van der Waals surface area contributed by atoms with Gasteiger partial charge in [-0.2, -0.15) is 0 Å². The standard InChI is InChI=1S/C27H32N2O6/c1-5-14-29(16-24(30)31)25(32)23(15-27(2,3)34-4)28-26(33)35-17-22-20-12-8-6-10-18(20)19-11-7-9-13-21(19)22/h5-13,22-23H,1,14-17H2,2-4H3,(H,28,33)(H,30,31). The number of benzene rings is 2. The maximum atomic E-state index is 13.2. The van der Waals surface area contributed by atoms with E-state index in [-0.39, 0.29) is 25.5 Å². The van der Waals surface area contributed by atoms with Gasteiger partial charge < -0.3 is 24.8 Å². The van der Waals surface area contributed by atoms with Gasteiger partial charge in [0.15, 0.2) is 0 Å². The number of carboxylic acid groups (broad SMARTS) is 1. The summed E-state index contributed by atoms with van der Waals surface area (Å²) in [5.41, 5.74) is 3.63. The minimum Gasteiger partial charge on any atom is -0.480 e. The highest BCUT2D eigenvalue weighted by Gasteiger charge is 2.34. The van der Waals surface area contributed by atoms with Crippen molar-refractivity contribution in [3.8, 4) is 11.1 Å². The van der Waals surface area contributed by atoms with Crippen molar-refractivity contribution in [1.29, 1.82) is 0 Å². The van der Waals surface area contributed by atoms with Crippen molar-refractivity contribution in [2.24, 2.45) is 0 Å². The predicted molar refractivity (Wildman–Crippen MR) is 132 cm³/mol. The minimum absolute atomic E-state index is 0.0292. The van der Waals surface area contributed by atoms with Crippen LogP contribution in [0.1, 0.15) is 37.3 Å². The predicted octanol–water partition coefficient (Wildman–Crippen LogP) is 3.81. The van der Waals surface area contributed by atoms with E-state index >= 15 is 0 Å². The van der Waals surface area contributed by atoms with Crippen LogP contribution in [0.25, 0.3) is 11.1 Å². The Morgan fingerprint density at radius 2 is 1.69 bits per heavy atom. The first-order chi connectivity index (χ1) is 16.7. The molecular formula is C27H32N2O6. The molecule has 8 heteroatoms. The van der Waals surface area contributed by atoms with Crippen LogP contribution >= 0.6 is 0 Å². The van der Waals surface area contributed by atoms with E-state index in [4.69, 9.17) is 9.47 Å². The number of alkyl carbamates (subject to hydrolysis) is 1. The van der Waals surface area contributed by atoms with E-state index in [0.717, 1.165) is 27.2 Å². The van der Waals surface area contributed by atoms with E-state index in [0.29, 0.717) is 0 Å². The number of aliphatic carboxylic acids is 1. The van der Waals surface area contributed by atoms with Gasteiger partial charge in [-0.3, -0.25) is 9.59 Å². The van der Waals surface area contributed by atoms with Gasteiger partial charge in [0.1, 0.15) is 19.2 Å². The molecule has 1 aliphatic rings. The molecule has 35 heavy (non-hydrogen) atoms.